The molecule has 0 aromatic carbocycles. The first-order chi connectivity index (χ1) is 6.66. The lowest BCUT2D eigenvalue weighted by Crippen LogP contribution is -2.18. The minimum absolute atomic E-state index is 0.520. The molecule has 0 aliphatic rings. The highest BCUT2D eigenvalue weighted by Gasteiger charge is 1.98. The number of thiocarbonyl (C=S) groups is 1. The lowest BCUT2D eigenvalue weighted by atomic mass is 10.4. The molecule has 0 unspecified atom stereocenters. The van der Waals surface area contributed by atoms with E-state index in [9.17, 15) is 0 Å². The molecule has 2 N–H and O–H groups in total. The highest BCUT2D eigenvalue weighted by molar-refractivity contribution is 7.80. The Morgan fingerprint density at radius 1 is 1.29 bits per heavy atom. The molecule has 0 atom stereocenters. The van der Waals surface area contributed by atoms with Crippen molar-refractivity contribution in [3.8, 4) is 0 Å². The van der Waals surface area contributed by atoms with Crippen molar-refractivity contribution >= 4 is 17.3 Å². The number of ether oxygens (including phenoxy) is 2. The van der Waals surface area contributed by atoms with E-state index in [1.165, 1.54) is 0 Å². The fourth-order valence-corrected chi connectivity index (χ4v) is 0.962. The molecular weight excluding hydrogens is 200 g/mol. The van der Waals surface area contributed by atoms with E-state index in [2.05, 4.69) is 4.90 Å². The summed E-state index contributed by atoms with van der Waals surface area (Å²) in [7, 11) is 4.01. The first-order valence-corrected chi connectivity index (χ1v) is 5.15. The van der Waals surface area contributed by atoms with Gasteiger partial charge in [-0.3, -0.25) is 0 Å². The van der Waals surface area contributed by atoms with Gasteiger partial charge in [-0.05, 0) is 26.3 Å². The lowest BCUT2D eigenvalue weighted by molar-refractivity contribution is 0.102. The topological polar surface area (TPSA) is 47.7 Å². The van der Waals surface area contributed by atoms with Crippen molar-refractivity contribution in [2.45, 2.75) is 6.42 Å². The smallest absolute Gasteiger partial charge is 0.161 e. The molecule has 0 bridgehead atoms. The molecule has 0 saturated heterocycles. The van der Waals surface area contributed by atoms with Gasteiger partial charge in [0.15, 0.2) is 5.05 Å². The van der Waals surface area contributed by atoms with Crippen LogP contribution >= 0.6 is 12.2 Å². The Bertz CT molecular complexity index is 154. The van der Waals surface area contributed by atoms with Crippen LogP contribution in [-0.2, 0) is 9.47 Å². The first kappa shape index (κ1) is 13.8. The summed E-state index contributed by atoms with van der Waals surface area (Å²) in [4.78, 5) is 2.07. The molecule has 0 aromatic heterocycles. The SMILES string of the molecule is CN(C)CCC(=S)OCCOCCN. The minimum atomic E-state index is 0.520. The van der Waals surface area contributed by atoms with E-state index in [1.807, 2.05) is 14.1 Å². The summed E-state index contributed by atoms with van der Waals surface area (Å²) < 4.78 is 10.4. The average Bonchev–Trinajstić information content (AvgIpc) is 2.14. The Labute approximate surface area is 91.3 Å². The first-order valence-electron chi connectivity index (χ1n) is 4.75. The normalized spacial score (nSPS) is 10.6. The molecule has 0 radical (unpaired) electrons. The maximum atomic E-state index is 5.28. The van der Waals surface area contributed by atoms with Crippen molar-refractivity contribution in [1.29, 1.82) is 0 Å². The average molecular weight is 220 g/mol. The second kappa shape index (κ2) is 9.33. The number of hydrogen-bond acceptors (Lipinski definition) is 5. The summed E-state index contributed by atoms with van der Waals surface area (Å²) in [6, 6.07) is 0. The minimum Gasteiger partial charge on any atom is -0.485 e. The summed E-state index contributed by atoms with van der Waals surface area (Å²) in [5.74, 6) is 0. The van der Waals surface area contributed by atoms with Gasteiger partial charge in [0.05, 0.1) is 13.2 Å². The van der Waals surface area contributed by atoms with Crippen LogP contribution in [0, 0.1) is 0 Å². The van der Waals surface area contributed by atoms with Gasteiger partial charge in [-0.25, -0.2) is 0 Å². The molecule has 0 aromatic rings. The van der Waals surface area contributed by atoms with E-state index in [0.29, 0.717) is 31.4 Å². The highest BCUT2D eigenvalue weighted by Crippen LogP contribution is 1.92. The standard InChI is InChI=1S/C9H20N2O2S/c1-11(2)5-3-9(14)13-8-7-12-6-4-10/h3-8,10H2,1-2H3. The van der Waals surface area contributed by atoms with E-state index in [-0.39, 0.29) is 0 Å². The molecule has 0 aliphatic carbocycles. The van der Waals surface area contributed by atoms with E-state index in [0.717, 1.165) is 13.0 Å². The maximum absolute atomic E-state index is 5.28. The lowest BCUT2D eigenvalue weighted by Gasteiger charge is -2.11. The fourth-order valence-electron chi connectivity index (χ4n) is 0.787. The fraction of sp³-hybridized carbons (Fsp3) is 0.889. The number of nitrogens with two attached hydrogens (primary N) is 1. The van der Waals surface area contributed by atoms with Gasteiger partial charge in [0.25, 0.3) is 0 Å². The second-order valence-electron chi connectivity index (χ2n) is 3.17. The van der Waals surface area contributed by atoms with Crippen LogP contribution < -0.4 is 5.73 Å². The zero-order chi connectivity index (χ0) is 10.8. The third kappa shape index (κ3) is 9.85. The number of nitrogens with zero attached hydrogens (tertiary/aromatic N) is 1. The van der Waals surface area contributed by atoms with Gasteiger partial charge in [0, 0.05) is 19.5 Å². The largest absolute Gasteiger partial charge is 0.485 e. The molecule has 0 amide bonds. The molecule has 0 aliphatic heterocycles. The molecular formula is C9H20N2O2S. The number of rotatable bonds is 8. The van der Waals surface area contributed by atoms with Gasteiger partial charge in [-0.1, -0.05) is 0 Å². The van der Waals surface area contributed by atoms with Crippen LogP contribution in [0.15, 0.2) is 0 Å². The Balaban J connectivity index is 3.18. The van der Waals surface area contributed by atoms with E-state index >= 15 is 0 Å². The molecule has 5 heteroatoms. The van der Waals surface area contributed by atoms with Gasteiger partial charge in [-0.2, -0.15) is 0 Å². The van der Waals surface area contributed by atoms with Gasteiger partial charge >= 0.3 is 0 Å². The third-order valence-corrected chi connectivity index (χ3v) is 1.84. The summed E-state index contributed by atoms with van der Waals surface area (Å²) >= 11 is 5.02. The van der Waals surface area contributed by atoms with Crippen LogP contribution in [0.4, 0.5) is 0 Å². The molecule has 0 heterocycles. The second-order valence-corrected chi connectivity index (χ2v) is 3.63. The van der Waals surface area contributed by atoms with Gasteiger partial charge < -0.3 is 20.1 Å². The Morgan fingerprint density at radius 3 is 2.57 bits per heavy atom. The van der Waals surface area contributed by atoms with Crippen LogP contribution in [0.5, 0.6) is 0 Å². The van der Waals surface area contributed by atoms with Crippen molar-refractivity contribution in [2.24, 2.45) is 5.73 Å². The Morgan fingerprint density at radius 2 is 2.00 bits per heavy atom. The van der Waals surface area contributed by atoms with Crippen molar-refractivity contribution in [1.82, 2.24) is 4.90 Å². The van der Waals surface area contributed by atoms with Gasteiger partial charge in [-0.15, -0.1) is 0 Å². The molecule has 0 saturated carbocycles. The van der Waals surface area contributed by atoms with Crippen LogP contribution in [0.3, 0.4) is 0 Å². The monoisotopic (exact) mass is 220 g/mol. The summed E-state index contributed by atoms with van der Waals surface area (Å²) in [6.07, 6.45) is 0.791. The van der Waals surface area contributed by atoms with E-state index in [1.54, 1.807) is 0 Å². The van der Waals surface area contributed by atoms with Crippen LogP contribution in [0.1, 0.15) is 6.42 Å². The molecule has 4 nitrogen and oxygen atoms in total. The zero-order valence-electron chi connectivity index (χ0n) is 8.99. The highest BCUT2D eigenvalue weighted by atomic mass is 32.1. The van der Waals surface area contributed by atoms with Crippen LogP contribution in [-0.4, -0.2) is 57.0 Å². The van der Waals surface area contributed by atoms with Crippen molar-refractivity contribution in [2.75, 3.05) is 47.0 Å². The number of hydrogen-bond donors (Lipinski definition) is 1. The maximum Gasteiger partial charge on any atom is 0.161 e. The zero-order valence-corrected chi connectivity index (χ0v) is 9.81. The molecule has 0 rings (SSSR count). The summed E-state index contributed by atoms with van der Waals surface area (Å²) in [5.41, 5.74) is 5.25. The van der Waals surface area contributed by atoms with Gasteiger partial charge in [0.2, 0.25) is 0 Å². The molecule has 0 spiro atoms. The van der Waals surface area contributed by atoms with Crippen LogP contribution in [0.2, 0.25) is 0 Å². The molecule has 84 valence electrons. The van der Waals surface area contributed by atoms with Crippen molar-refractivity contribution in [3.63, 3.8) is 0 Å². The molecule has 0 fully saturated rings. The van der Waals surface area contributed by atoms with Gasteiger partial charge in [0.1, 0.15) is 6.61 Å². The van der Waals surface area contributed by atoms with Crippen LogP contribution in [0.25, 0.3) is 0 Å². The molecule has 14 heavy (non-hydrogen) atoms. The van der Waals surface area contributed by atoms with Crippen molar-refractivity contribution < 1.29 is 9.47 Å². The predicted octanol–water partition coefficient (Wildman–Crippen LogP) is 0.257. The third-order valence-electron chi connectivity index (χ3n) is 1.52. The van der Waals surface area contributed by atoms with Crippen molar-refractivity contribution in [3.05, 3.63) is 0 Å². The van der Waals surface area contributed by atoms with E-state index in [4.69, 9.17) is 27.4 Å². The summed E-state index contributed by atoms with van der Waals surface area (Å²) in [6.45, 7) is 3.12. The summed E-state index contributed by atoms with van der Waals surface area (Å²) in [5, 5.41) is 0.648. The predicted molar refractivity (Wildman–Crippen MR) is 61.6 cm³/mol. The van der Waals surface area contributed by atoms with E-state index < -0.39 is 0 Å². The Hall–Kier alpha value is -0.230. The quantitative estimate of drug-likeness (QED) is 0.469. The Kier molecular flexibility index (Phi) is 9.18.